The lowest BCUT2D eigenvalue weighted by Gasteiger charge is -2.05. The number of halogens is 1. The first-order chi connectivity index (χ1) is 8.20. The third-order valence-electron chi connectivity index (χ3n) is 2.39. The fourth-order valence-corrected chi connectivity index (χ4v) is 2.12. The number of carbonyl (C=O) groups is 1. The molecular weight excluding hydrogens is 329 g/mol. The molecule has 0 saturated heterocycles. The van der Waals surface area contributed by atoms with Crippen LogP contribution in [0.1, 0.15) is 23.0 Å². The van der Waals surface area contributed by atoms with E-state index >= 15 is 0 Å². The van der Waals surface area contributed by atoms with Crippen molar-refractivity contribution in [1.29, 1.82) is 0 Å². The van der Waals surface area contributed by atoms with E-state index in [1.807, 2.05) is 31.2 Å². The van der Waals surface area contributed by atoms with E-state index in [1.54, 1.807) is 12.3 Å². The van der Waals surface area contributed by atoms with Crippen LogP contribution in [-0.4, -0.2) is 5.91 Å². The van der Waals surface area contributed by atoms with Gasteiger partial charge in [0.1, 0.15) is 5.76 Å². The second kappa shape index (κ2) is 5.35. The van der Waals surface area contributed by atoms with Crippen molar-refractivity contribution in [1.82, 2.24) is 0 Å². The molecule has 0 aliphatic heterocycles. The van der Waals surface area contributed by atoms with Crippen LogP contribution in [0.25, 0.3) is 0 Å². The van der Waals surface area contributed by atoms with Crippen LogP contribution in [0.15, 0.2) is 41.0 Å². The predicted molar refractivity (Wildman–Crippen MR) is 75.2 cm³/mol. The first-order valence-corrected chi connectivity index (χ1v) is 6.42. The molecule has 1 heterocycles. The maximum atomic E-state index is 12.0. The molecule has 17 heavy (non-hydrogen) atoms. The molecule has 2 aromatic rings. The topological polar surface area (TPSA) is 42.2 Å². The lowest BCUT2D eigenvalue weighted by Crippen LogP contribution is -2.12. The van der Waals surface area contributed by atoms with E-state index in [4.69, 9.17) is 4.42 Å². The van der Waals surface area contributed by atoms with Crippen LogP contribution in [0.4, 0.5) is 5.69 Å². The average Bonchev–Trinajstić information content (AvgIpc) is 2.77. The minimum absolute atomic E-state index is 0.127. The maximum absolute atomic E-state index is 12.0. The molecule has 0 unspecified atom stereocenters. The highest BCUT2D eigenvalue weighted by molar-refractivity contribution is 14.1. The second-order valence-electron chi connectivity index (χ2n) is 3.58. The number of rotatable bonds is 3. The van der Waals surface area contributed by atoms with Crippen LogP contribution in [0, 0.1) is 3.57 Å². The zero-order valence-corrected chi connectivity index (χ0v) is 11.5. The third-order valence-corrected chi connectivity index (χ3v) is 3.06. The number of aryl methyl sites for hydroxylation is 1. The number of nitrogens with one attached hydrogen (secondary N) is 1. The summed E-state index contributed by atoms with van der Waals surface area (Å²) in [6.07, 6.45) is 2.25. The Morgan fingerprint density at radius 3 is 2.94 bits per heavy atom. The van der Waals surface area contributed by atoms with E-state index in [0.29, 0.717) is 17.7 Å². The van der Waals surface area contributed by atoms with Gasteiger partial charge in [-0.25, -0.2) is 0 Å². The van der Waals surface area contributed by atoms with Gasteiger partial charge >= 0.3 is 0 Å². The van der Waals surface area contributed by atoms with E-state index < -0.39 is 0 Å². The van der Waals surface area contributed by atoms with E-state index in [-0.39, 0.29) is 5.91 Å². The Kier molecular flexibility index (Phi) is 3.83. The van der Waals surface area contributed by atoms with Crippen molar-refractivity contribution in [2.24, 2.45) is 0 Å². The van der Waals surface area contributed by atoms with Gasteiger partial charge in [0, 0.05) is 15.7 Å². The number of anilines is 1. The molecule has 88 valence electrons. The summed E-state index contributed by atoms with van der Waals surface area (Å²) in [6.45, 7) is 1.96. The SMILES string of the molecule is CCc1occc1C(=O)Nc1cccc(I)c1. The van der Waals surface area contributed by atoms with Crippen LogP contribution in [-0.2, 0) is 6.42 Å². The second-order valence-corrected chi connectivity index (χ2v) is 4.82. The first kappa shape index (κ1) is 12.2. The fourth-order valence-electron chi connectivity index (χ4n) is 1.58. The van der Waals surface area contributed by atoms with Gasteiger partial charge in [-0.1, -0.05) is 13.0 Å². The van der Waals surface area contributed by atoms with E-state index in [1.165, 1.54) is 0 Å². The molecule has 0 radical (unpaired) electrons. The monoisotopic (exact) mass is 341 g/mol. The maximum Gasteiger partial charge on any atom is 0.259 e. The minimum atomic E-state index is -0.127. The van der Waals surface area contributed by atoms with Crippen LogP contribution in [0.3, 0.4) is 0 Å². The van der Waals surface area contributed by atoms with Crippen LogP contribution in [0.2, 0.25) is 0 Å². The van der Waals surface area contributed by atoms with Gasteiger partial charge in [-0.05, 0) is 46.9 Å². The van der Waals surface area contributed by atoms with Gasteiger partial charge in [0.05, 0.1) is 11.8 Å². The summed E-state index contributed by atoms with van der Waals surface area (Å²) in [5.41, 5.74) is 1.40. The zero-order valence-electron chi connectivity index (χ0n) is 9.37. The fraction of sp³-hybridized carbons (Fsp3) is 0.154. The number of carbonyl (C=O) groups excluding carboxylic acids is 1. The summed E-state index contributed by atoms with van der Waals surface area (Å²) in [6, 6.07) is 9.37. The van der Waals surface area contributed by atoms with Crippen molar-refractivity contribution in [2.45, 2.75) is 13.3 Å². The molecule has 0 aliphatic carbocycles. The van der Waals surface area contributed by atoms with Crippen molar-refractivity contribution >= 4 is 34.2 Å². The van der Waals surface area contributed by atoms with Gasteiger partial charge < -0.3 is 9.73 Å². The summed E-state index contributed by atoms with van der Waals surface area (Å²) < 4.78 is 6.32. The van der Waals surface area contributed by atoms with Gasteiger partial charge in [-0.3, -0.25) is 4.79 Å². The Labute approximate surface area is 113 Å². The standard InChI is InChI=1S/C13H12INO2/c1-2-12-11(6-7-17-12)13(16)15-10-5-3-4-9(14)8-10/h3-8H,2H2,1H3,(H,15,16). The normalized spacial score (nSPS) is 10.2. The summed E-state index contributed by atoms with van der Waals surface area (Å²) in [5.74, 6) is 0.589. The molecule has 1 aromatic carbocycles. The largest absolute Gasteiger partial charge is 0.469 e. The first-order valence-electron chi connectivity index (χ1n) is 5.34. The van der Waals surface area contributed by atoms with Crippen molar-refractivity contribution in [3.8, 4) is 0 Å². The van der Waals surface area contributed by atoms with Crippen molar-refractivity contribution in [3.63, 3.8) is 0 Å². The number of hydrogen-bond donors (Lipinski definition) is 1. The number of hydrogen-bond acceptors (Lipinski definition) is 2. The van der Waals surface area contributed by atoms with E-state index in [0.717, 1.165) is 9.26 Å². The summed E-state index contributed by atoms with van der Waals surface area (Å²) >= 11 is 2.21. The molecule has 0 aliphatic rings. The highest BCUT2D eigenvalue weighted by Gasteiger charge is 2.13. The predicted octanol–water partition coefficient (Wildman–Crippen LogP) is 3.70. The van der Waals surface area contributed by atoms with Gasteiger partial charge in [-0.15, -0.1) is 0 Å². The van der Waals surface area contributed by atoms with E-state index in [9.17, 15) is 4.79 Å². The third kappa shape index (κ3) is 2.88. The van der Waals surface area contributed by atoms with Crippen LogP contribution < -0.4 is 5.32 Å². The molecule has 2 rings (SSSR count). The minimum Gasteiger partial charge on any atom is -0.469 e. The molecule has 0 saturated carbocycles. The molecule has 0 bridgehead atoms. The average molecular weight is 341 g/mol. The van der Waals surface area contributed by atoms with Crippen molar-refractivity contribution in [3.05, 3.63) is 51.5 Å². The summed E-state index contributed by atoms with van der Waals surface area (Å²) in [7, 11) is 0. The van der Waals surface area contributed by atoms with Crippen LogP contribution >= 0.6 is 22.6 Å². The molecule has 1 N–H and O–H groups in total. The molecule has 0 spiro atoms. The lowest BCUT2D eigenvalue weighted by atomic mass is 10.2. The van der Waals surface area contributed by atoms with Crippen molar-refractivity contribution < 1.29 is 9.21 Å². The molecule has 0 fully saturated rings. The lowest BCUT2D eigenvalue weighted by molar-refractivity contribution is 0.102. The number of furan rings is 1. The molecule has 0 atom stereocenters. The smallest absolute Gasteiger partial charge is 0.259 e. The Morgan fingerprint density at radius 2 is 2.24 bits per heavy atom. The highest BCUT2D eigenvalue weighted by atomic mass is 127. The summed E-state index contributed by atoms with van der Waals surface area (Å²) in [5, 5.41) is 2.86. The quantitative estimate of drug-likeness (QED) is 0.865. The molecule has 3 nitrogen and oxygen atoms in total. The molecular formula is C13H12INO2. The van der Waals surface area contributed by atoms with Gasteiger partial charge in [-0.2, -0.15) is 0 Å². The van der Waals surface area contributed by atoms with Crippen molar-refractivity contribution in [2.75, 3.05) is 5.32 Å². The Balaban J connectivity index is 2.17. The zero-order chi connectivity index (χ0) is 12.3. The molecule has 1 aromatic heterocycles. The Morgan fingerprint density at radius 1 is 1.41 bits per heavy atom. The number of benzene rings is 1. The van der Waals surface area contributed by atoms with Gasteiger partial charge in [0.15, 0.2) is 0 Å². The number of amides is 1. The van der Waals surface area contributed by atoms with Gasteiger partial charge in [0.2, 0.25) is 0 Å². The highest BCUT2D eigenvalue weighted by Crippen LogP contribution is 2.16. The molecule has 1 amide bonds. The molecule has 4 heteroatoms. The van der Waals surface area contributed by atoms with Crippen LogP contribution in [0.5, 0.6) is 0 Å². The Hall–Kier alpha value is -1.30. The van der Waals surface area contributed by atoms with Gasteiger partial charge in [0.25, 0.3) is 5.91 Å². The van der Waals surface area contributed by atoms with E-state index in [2.05, 4.69) is 27.9 Å². The summed E-state index contributed by atoms with van der Waals surface area (Å²) in [4.78, 5) is 12.0. The Bertz CT molecular complexity index is 534.